The number of fused-ring (bicyclic) bond motifs is 9. The molecule has 4 nitrogen and oxygen atoms in total. The average Bonchev–Trinajstić information content (AvgIpc) is 4.08. The first-order chi connectivity index (χ1) is 31.2. The molecule has 0 unspecified atom stereocenters. The highest BCUT2D eigenvalue weighted by Gasteiger charge is 2.27. The summed E-state index contributed by atoms with van der Waals surface area (Å²) in [5.74, 6) is 0. The van der Waals surface area contributed by atoms with Gasteiger partial charge in [-0.2, -0.15) is 0 Å². The van der Waals surface area contributed by atoms with Crippen LogP contribution in [-0.4, -0.2) is 19.1 Å². The topological polar surface area (TPSA) is 38.5 Å². The molecule has 0 atom stereocenters. The van der Waals surface area contributed by atoms with E-state index in [0.29, 0.717) is 0 Å². The highest BCUT2D eigenvalue weighted by atomic mass is 15.0. The predicted octanol–water partition coefficient (Wildman–Crippen LogP) is 14.7. The Hall–Kier alpha value is -7.95. The average molecular weight is 807 g/mol. The van der Waals surface area contributed by atoms with Crippen molar-refractivity contribution in [3.8, 4) is 55.9 Å². The van der Waals surface area contributed by atoms with E-state index in [0.717, 1.165) is 31.4 Å². The van der Waals surface area contributed by atoms with Crippen LogP contribution in [0.1, 0.15) is 34.4 Å². The van der Waals surface area contributed by atoms with Crippen molar-refractivity contribution in [1.29, 1.82) is 0 Å². The smallest absolute Gasteiger partial charge is 0.0633 e. The van der Waals surface area contributed by atoms with Gasteiger partial charge in [0.2, 0.25) is 0 Å². The Balaban J connectivity index is 0.956. The van der Waals surface area contributed by atoms with Crippen molar-refractivity contribution in [3.63, 3.8) is 0 Å². The molecule has 4 heteroatoms. The van der Waals surface area contributed by atoms with Gasteiger partial charge >= 0.3 is 0 Å². The monoisotopic (exact) mass is 806 g/mol. The van der Waals surface area contributed by atoms with Crippen LogP contribution in [-0.2, 0) is 19.3 Å². The number of rotatable bonds is 6. The number of aromatic nitrogens is 4. The van der Waals surface area contributed by atoms with E-state index in [1.54, 1.807) is 0 Å². The summed E-state index contributed by atoms with van der Waals surface area (Å²) in [7, 11) is 0. The number of H-pyrrole nitrogens is 1. The lowest BCUT2D eigenvalue weighted by molar-refractivity contribution is 0.898. The van der Waals surface area contributed by atoms with Crippen molar-refractivity contribution in [2.24, 2.45) is 0 Å². The van der Waals surface area contributed by atoms with Crippen LogP contribution in [0.3, 0.4) is 0 Å². The molecular formula is C59H42N4. The number of hydrogen-bond donors (Lipinski definition) is 1. The molecule has 2 aliphatic rings. The van der Waals surface area contributed by atoms with Gasteiger partial charge in [0.1, 0.15) is 0 Å². The first kappa shape index (κ1) is 35.8. The Bertz CT molecular complexity index is 3550. The second kappa shape index (κ2) is 14.3. The summed E-state index contributed by atoms with van der Waals surface area (Å²) in [6, 6.07) is 62.8. The van der Waals surface area contributed by atoms with Crippen LogP contribution in [0.2, 0.25) is 0 Å². The van der Waals surface area contributed by atoms with E-state index in [1.165, 1.54) is 116 Å². The van der Waals surface area contributed by atoms with Crippen LogP contribution in [0.15, 0.2) is 195 Å². The van der Waals surface area contributed by atoms with Crippen molar-refractivity contribution in [3.05, 3.63) is 223 Å². The van der Waals surface area contributed by atoms with Gasteiger partial charge in [0.25, 0.3) is 0 Å². The number of nitrogens with one attached hydrogen (secondary N) is 1. The zero-order valence-corrected chi connectivity index (χ0v) is 34.7. The summed E-state index contributed by atoms with van der Waals surface area (Å²) < 4.78 is 4.95. The lowest BCUT2D eigenvalue weighted by atomic mass is 9.83. The third-order valence-electron chi connectivity index (χ3n) is 13.7. The number of pyridine rings is 1. The van der Waals surface area contributed by atoms with Crippen LogP contribution in [0.5, 0.6) is 0 Å². The summed E-state index contributed by atoms with van der Waals surface area (Å²) in [6.45, 7) is 0. The Morgan fingerprint density at radius 2 is 0.968 bits per heavy atom. The van der Waals surface area contributed by atoms with Gasteiger partial charge in [0.15, 0.2) is 0 Å². The molecule has 13 rings (SSSR count). The highest BCUT2D eigenvalue weighted by molar-refractivity contribution is 6.12. The lowest BCUT2D eigenvalue weighted by Gasteiger charge is -2.21. The fourth-order valence-electron chi connectivity index (χ4n) is 10.6. The fraction of sp³-hybridized carbons (Fsp3) is 0.0678. The molecule has 2 aliphatic carbocycles. The summed E-state index contributed by atoms with van der Waals surface area (Å²) >= 11 is 0. The molecule has 1 N–H and O–H groups in total. The minimum atomic E-state index is 0.981. The number of nitrogens with zero attached hydrogens (tertiary/aromatic N) is 3. The molecule has 0 radical (unpaired) electrons. The number of aromatic amines is 1. The minimum Gasteiger partial charge on any atom is -0.366 e. The Kier molecular flexibility index (Phi) is 8.13. The standard InChI is InChI=1S/C59H42N4/c1-3-7-38(8-4-1)40-11-15-42(16-12-40)44-21-23-56-52(31-44)54-33-46-19-20-47-34-55-53-32-45(43-17-13-41(14-18-43)39-9-5-2-6-10-39)22-24-57(53)63(49-27-30-61-37-49)59(55)36-51(47)50(46)35-58(54)62(56)48-25-28-60-29-26-48/h1-18,21,23,25-37,61H,19-20,22,24H2. The van der Waals surface area contributed by atoms with Gasteiger partial charge in [-0.05, 0) is 153 Å². The van der Waals surface area contributed by atoms with Crippen LogP contribution in [0, 0.1) is 0 Å². The van der Waals surface area contributed by atoms with Crippen molar-refractivity contribution < 1.29 is 0 Å². The molecule has 0 amide bonds. The lowest BCUT2D eigenvalue weighted by Crippen LogP contribution is -2.05. The van der Waals surface area contributed by atoms with Crippen molar-refractivity contribution in [2.75, 3.05) is 0 Å². The largest absolute Gasteiger partial charge is 0.366 e. The maximum Gasteiger partial charge on any atom is 0.0633 e. The molecule has 7 aromatic carbocycles. The van der Waals surface area contributed by atoms with Gasteiger partial charge in [-0.25, -0.2) is 0 Å². The van der Waals surface area contributed by atoms with Crippen LogP contribution in [0.25, 0.3) is 100 Å². The van der Waals surface area contributed by atoms with Gasteiger partial charge in [0.05, 0.1) is 22.2 Å². The van der Waals surface area contributed by atoms with E-state index in [9.17, 15) is 0 Å². The van der Waals surface area contributed by atoms with Crippen molar-refractivity contribution >= 4 is 44.4 Å². The molecule has 11 aromatic rings. The minimum absolute atomic E-state index is 0.981. The Morgan fingerprint density at radius 1 is 0.413 bits per heavy atom. The fourth-order valence-corrected chi connectivity index (χ4v) is 10.6. The Morgan fingerprint density at radius 3 is 1.60 bits per heavy atom. The third-order valence-corrected chi connectivity index (χ3v) is 13.7. The molecule has 0 spiro atoms. The molecule has 0 saturated heterocycles. The maximum atomic E-state index is 4.40. The first-order valence-electron chi connectivity index (χ1n) is 22.1. The van der Waals surface area contributed by atoms with E-state index in [4.69, 9.17) is 0 Å². The van der Waals surface area contributed by atoms with Crippen molar-refractivity contribution in [1.82, 2.24) is 19.1 Å². The number of allylic oxidation sites excluding steroid dienone is 1. The van der Waals surface area contributed by atoms with E-state index in [-0.39, 0.29) is 0 Å². The van der Waals surface area contributed by atoms with Gasteiger partial charge in [-0.1, -0.05) is 115 Å². The van der Waals surface area contributed by atoms with Gasteiger partial charge in [-0.15, -0.1) is 0 Å². The zero-order valence-electron chi connectivity index (χ0n) is 34.7. The molecule has 0 bridgehead atoms. The van der Waals surface area contributed by atoms with Gasteiger partial charge in [-0.3, -0.25) is 4.98 Å². The molecule has 63 heavy (non-hydrogen) atoms. The van der Waals surface area contributed by atoms with E-state index < -0.39 is 0 Å². The SMILES string of the molecule is C1=C(c2ccc(-c3ccccc3)cc2)CCc2c1c1cc3c(cc1n2-c1cc[nH]c1)-c1cc2c(cc1CC3)c1cc(-c3ccc(-c4ccccc4)cc3)ccc1n2-c1ccncc1. The van der Waals surface area contributed by atoms with E-state index >= 15 is 0 Å². The summed E-state index contributed by atoms with van der Waals surface area (Å²) in [4.78, 5) is 7.75. The summed E-state index contributed by atoms with van der Waals surface area (Å²) in [5.41, 5.74) is 24.3. The molecule has 0 aliphatic heterocycles. The molecule has 298 valence electrons. The van der Waals surface area contributed by atoms with E-state index in [2.05, 4.69) is 201 Å². The summed E-state index contributed by atoms with van der Waals surface area (Å²) in [6.07, 6.45) is 14.4. The molecule has 4 heterocycles. The third kappa shape index (κ3) is 5.86. The zero-order chi connectivity index (χ0) is 41.4. The summed E-state index contributed by atoms with van der Waals surface area (Å²) in [5, 5.41) is 3.89. The quantitative estimate of drug-likeness (QED) is 0.179. The second-order valence-corrected chi connectivity index (χ2v) is 17.1. The second-order valence-electron chi connectivity index (χ2n) is 17.1. The van der Waals surface area contributed by atoms with E-state index in [1.807, 2.05) is 18.6 Å². The molecular weight excluding hydrogens is 765 g/mol. The molecule has 0 fully saturated rings. The van der Waals surface area contributed by atoms with Gasteiger partial charge < -0.3 is 14.1 Å². The van der Waals surface area contributed by atoms with Crippen LogP contribution < -0.4 is 0 Å². The Labute approximate surface area is 366 Å². The van der Waals surface area contributed by atoms with Gasteiger partial charge in [0, 0.05) is 57.9 Å². The molecule has 0 saturated carbocycles. The number of benzene rings is 7. The maximum absolute atomic E-state index is 4.40. The highest BCUT2D eigenvalue weighted by Crippen LogP contribution is 2.46. The normalized spacial score (nSPS) is 13.2. The first-order valence-corrected chi connectivity index (χ1v) is 22.1. The number of aryl methyl sites for hydroxylation is 2. The molecule has 4 aromatic heterocycles. The predicted molar refractivity (Wildman–Crippen MR) is 262 cm³/mol. The van der Waals surface area contributed by atoms with Crippen LogP contribution >= 0.6 is 0 Å². The van der Waals surface area contributed by atoms with Crippen LogP contribution in [0.4, 0.5) is 0 Å². The number of hydrogen-bond acceptors (Lipinski definition) is 1. The van der Waals surface area contributed by atoms with Crippen molar-refractivity contribution in [2.45, 2.75) is 25.7 Å².